The number of benzene rings is 8. The van der Waals surface area contributed by atoms with Crippen LogP contribution in [-0.4, -0.2) is 9.97 Å². The summed E-state index contributed by atoms with van der Waals surface area (Å²) in [5, 5.41) is 4.01. The summed E-state index contributed by atoms with van der Waals surface area (Å²) >= 11 is 0. The first kappa shape index (κ1) is 32.7. The molecule has 0 saturated heterocycles. The largest absolute Gasteiger partial charge is 0.457 e. The summed E-state index contributed by atoms with van der Waals surface area (Å²) in [5.41, 5.74) is 17.6. The van der Waals surface area contributed by atoms with Crippen LogP contribution in [0.1, 0.15) is 39.4 Å². The molecule has 1 N–H and O–H groups in total. The molecule has 1 aromatic heterocycles. The summed E-state index contributed by atoms with van der Waals surface area (Å²) in [6, 6.07) is 71.2. The highest BCUT2D eigenvalue weighted by molar-refractivity contribution is 5.94. The van der Waals surface area contributed by atoms with Crippen LogP contribution in [0.2, 0.25) is 0 Å². The maximum Gasteiger partial charge on any atom is 0.160 e. The minimum atomic E-state index is -0.557. The second-order valence-corrected chi connectivity index (χ2v) is 15.3. The fraction of sp³-hybridized carbons (Fsp3) is 0.0370. The molecule has 1 unspecified atom stereocenters. The molecule has 1 atom stereocenters. The van der Waals surface area contributed by atoms with Crippen molar-refractivity contribution in [3.05, 3.63) is 234 Å². The maximum atomic E-state index is 6.65. The minimum absolute atomic E-state index is 0.134. The Morgan fingerprint density at radius 3 is 1.74 bits per heavy atom. The van der Waals surface area contributed by atoms with E-state index in [1.54, 1.807) is 0 Å². The Morgan fingerprint density at radius 1 is 0.414 bits per heavy atom. The van der Waals surface area contributed by atoms with E-state index in [4.69, 9.17) is 14.7 Å². The standard InChI is InChI=1S/C54H35N3O/c1-3-16-34(17-4-1)48-33-49(57-53(56-48)35-18-5-2-6-19-35)36-20-15-21-37(30-36)52-42-32-46-41(31-40(42)39-23-8-12-27-47(39)55-52)38-22-7-9-24-43(38)54(46)44-25-10-13-28-50(44)58-51-29-14-11-26-45(51)54/h1-33,52,55H. The van der Waals surface area contributed by atoms with Crippen LogP contribution in [0.4, 0.5) is 5.69 Å². The van der Waals surface area contributed by atoms with Crippen LogP contribution in [0.15, 0.2) is 200 Å². The SMILES string of the molecule is c1ccc(-c2cc(-c3cccc(C4Nc5ccccc5-c5cc6c(cc54)C4(c5ccccc5Oc5ccccc54)c4ccccc4-6)c3)nc(-c3ccccc3)n2)cc1. The topological polar surface area (TPSA) is 47.0 Å². The first-order chi connectivity index (χ1) is 28.7. The van der Waals surface area contributed by atoms with Gasteiger partial charge in [-0.3, -0.25) is 0 Å². The van der Waals surface area contributed by atoms with Crippen molar-refractivity contribution in [1.29, 1.82) is 0 Å². The molecule has 8 aromatic carbocycles. The second-order valence-electron chi connectivity index (χ2n) is 15.3. The molecule has 1 spiro atoms. The van der Waals surface area contributed by atoms with E-state index in [1.807, 2.05) is 24.3 Å². The first-order valence-corrected chi connectivity index (χ1v) is 19.9. The number of fused-ring (bicyclic) bond motifs is 12. The number of aromatic nitrogens is 2. The van der Waals surface area contributed by atoms with E-state index in [-0.39, 0.29) is 6.04 Å². The Kier molecular flexibility index (Phi) is 7.17. The van der Waals surface area contributed by atoms with Crippen molar-refractivity contribution in [1.82, 2.24) is 9.97 Å². The third-order valence-corrected chi connectivity index (χ3v) is 12.2. The van der Waals surface area contributed by atoms with Crippen molar-refractivity contribution in [2.45, 2.75) is 11.5 Å². The predicted molar refractivity (Wildman–Crippen MR) is 233 cm³/mol. The number of hydrogen-bond donors (Lipinski definition) is 1. The van der Waals surface area contributed by atoms with Gasteiger partial charge >= 0.3 is 0 Å². The smallest absolute Gasteiger partial charge is 0.160 e. The summed E-state index contributed by atoms with van der Waals surface area (Å²) < 4.78 is 6.65. The van der Waals surface area contributed by atoms with Gasteiger partial charge in [0.1, 0.15) is 11.5 Å². The van der Waals surface area contributed by atoms with E-state index in [1.165, 1.54) is 38.9 Å². The van der Waals surface area contributed by atoms with Crippen LogP contribution in [0.3, 0.4) is 0 Å². The third-order valence-electron chi connectivity index (χ3n) is 12.2. The lowest BCUT2D eigenvalue weighted by Crippen LogP contribution is -2.32. The molecule has 0 fully saturated rings. The van der Waals surface area contributed by atoms with E-state index in [0.717, 1.165) is 62.0 Å². The Balaban J connectivity index is 1.08. The normalized spacial score (nSPS) is 14.8. The first-order valence-electron chi connectivity index (χ1n) is 19.9. The lowest BCUT2D eigenvalue weighted by atomic mass is 9.65. The highest BCUT2D eigenvalue weighted by Crippen LogP contribution is 2.63. The number of nitrogens with one attached hydrogen (secondary N) is 1. The van der Waals surface area contributed by atoms with Crippen LogP contribution in [0.25, 0.3) is 56.2 Å². The van der Waals surface area contributed by atoms with E-state index < -0.39 is 5.41 Å². The molecule has 0 radical (unpaired) electrons. The highest BCUT2D eigenvalue weighted by Gasteiger charge is 2.51. The zero-order chi connectivity index (χ0) is 38.2. The van der Waals surface area contributed by atoms with Crippen LogP contribution >= 0.6 is 0 Å². The average molecular weight is 742 g/mol. The molecule has 0 bridgehead atoms. The quantitative estimate of drug-likeness (QED) is 0.195. The number of ether oxygens (including phenoxy) is 1. The van der Waals surface area contributed by atoms with Crippen LogP contribution < -0.4 is 10.1 Å². The number of para-hydroxylation sites is 3. The molecule has 0 saturated carbocycles. The fourth-order valence-electron chi connectivity index (χ4n) is 9.67. The highest BCUT2D eigenvalue weighted by atomic mass is 16.5. The van der Waals surface area contributed by atoms with Crippen molar-refractivity contribution in [2.75, 3.05) is 5.32 Å². The molecule has 12 rings (SSSR count). The van der Waals surface area contributed by atoms with Crippen LogP contribution in [-0.2, 0) is 5.41 Å². The minimum Gasteiger partial charge on any atom is -0.457 e. The van der Waals surface area contributed by atoms with Gasteiger partial charge in [-0.2, -0.15) is 0 Å². The predicted octanol–water partition coefficient (Wildman–Crippen LogP) is 13.1. The zero-order valence-electron chi connectivity index (χ0n) is 31.4. The molecular formula is C54H35N3O. The van der Waals surface area contributed by atoms with Gasteiger partial charge < -0.3 is 10.1 Å². The average Bonchev–Trinajstić information content (AvgIpc) is 3.58. The summed E-state index contributed by atoms with van der Waals surface area (Å²) in [6.07, 6.45) is 0. The van der Waals surface area contributed by atoms with Crippen LogP contribution in [0, 0.1) is 0 Å². The van der Waals surface area contributed by atoms with Gasteiger partial charge in [0.05, 0.1) is 22.8 Å². The van der Waals surface area contributed by atoms with Crippen molar-refractivity contribution < 1.29 is 4.74 Å². The summed E-state index contributed by atoms with van der Waals surface area (Å²) in [6.45, 7) is 0. The number of hydrogen-bond acceptors (Lipinski definition) is 4. The maximum absolute atomic E-state index is 6.65. The van der Waals surface area contributed by atoms with Gasteiger partial charge in [0.15, 0.2) is 5.82 Å². The fourth-order valence-corrected chi connectivity index (χ4v) is 9.67. The van der Waals surface area contributed by atoms with Gasteiger partial charge in [-0.25, -0.2) is 9.97 Å². The van der Waals surface area contributed by atoms with E-state index >= 15 is 0 Å². The van der Waals surface area contributed by atoms with E-state index in [2.05, 4.69) is 181 Å². The number of nitrogens with zero attached hydrogens (tertiary/aromatic N) is 2. The molecule has 2 aliphatic heterocycles. The molecule has 0 amide bonds. The van der Waals surface area contributed by atoms with Gasteiger partial charge in [-0.1, -0.05) is 164 Å². The molecule has 3 aliphatic rings. The van der Waals surface area contributed by atoms with Crippen molar-refractivity contribution in [3.63, 3.8) is 0 Å². The monoisotopic (exact) mass is 741 g/mol. The summed E-state index contributed by atoms with van der Waals surface area (Å²) in [4.78, 5) is 10.3. The van der Waals surface area contributed by atoms with Gasteiger partial charge in [-0.05, 0) is 75.3 Å². The molecular weight excluding hydrogens is 707 g/mol. The van der Waals surface area contributed by atoms with Crippen molar-refractivity contribution in [3.8, 4) is 67.7 Å². The third kappa shape index (κ3) is 4.82. The second kappa shape index (κ2) is 12.7. The summed E-state index contributed by atoms with van der Waals surface area (Å²) in [5.74, 6) is 2.49. The molecule has 3 heterocycles. The molecule has 58 heavy (non-hydrogen) atoms. The lowest BCUT2D eigenvalue weighted by molar-refractivity contribution is 0.436. The number of rotatable bonds is 4. The van der Waals surface area contributed by atoms with E-state index in [0.29, 0.717) is 5.82 Å². The number of anilines is 1. The van der Waals surface area contributed by atoms with Gasteiger partial charge in [0.25, 0.3) is 0 Å². The van der Waals surface area contributed by atoms with Gasteiger partial charge in [-0.15, -0.1) is 0 Å². The zero-order valence-corrected chi connectivity index (χ0v) is 31.4. The molecule has 1 aliphatic carbocycles. The Hall–Kier alpha value is -7.56. The van der Waals surface area contributed by atoms with Crippen molar-refractivity contribution in [2.24, 2.45) is 0 Å². The van der Waals surface area contributed by atoms with Crippen molar-refractivity contribution >= 4 is 5.69 Å². The van der Waals surface area contributed by atoms with Gasteiger partial charge in [0.2, 0.25) is 0 Å². The summed E-state index contributed by atoms with van der Waals surface area (Å²) in [7, 11) is 0. The Bertz CT molecular complexity index is 2980. The molecule has 4 heteroatoms. The molecule has 4 nitrogen and oxygen atoms in total. The van der Waals surface area contributed by atoms with Gasteiger partial charge in [0, 0.05) is 39.1 Å². The van der Waals surface area contributed by atoms with Crippen LogP contribution in [0.5, 0.6) is 11.5 Å². The Morgan fingerprint density at radius 2 is 1.00 bits per heavy atom. The molecule has 9 aromatic rings. The molecule has 272 valence electrons. The van der Waals surface area contributed by atoms with E-state index in [9.17, 15) is 0 Å². The Labute approximate surface area is 337 Å². The lowest BCUT2D eigenvalue weighted by Gasteiger charge is -2.40.